The lowest BCUT2D eigenvalue weighted by molar-refractivity contribution is 0.0694. The van der Waals surface area contributed by atoms with Crippen molar-refractivity contribution in [2.45, 2.75) is 77.7 Å². The number of halogens is 2. The zero-order valence-corrected chi connectivity index (χ0v) is 27.9. The maximum atomic E-state index is 16.0. The molecule has 0 aliphatic carbocycles. The van der Waals surface area contributed by atoms with E-state index in [0.29, 0.717) is 43.2 Å². The first-order chi connectivity index (χ1) is 21.3. The third-order valence-corrected chi connectivity index (χ3v) is 12.8. The molecule has 7 nitrogen and oxygen atoms in total. The summed E-state index contributed by atoms with van der Waals surface area (Å²) in [6, 6.07) is 14.2. The first-order valence-electron chi connectivity index (χ1n) is 15.5. The van der Waals surface area contributed by atoms with Crippen molar-refractivity contribution in [1.82, 2.24) is 19.7 Å². The Kier molecular flexibility index (Phi) is 9.28. The summed E-state index contributed by atoms with van der Waals surface area (Å²) in [4.78, 5) is 30.5. The average Bonchev–Trinajstić information content (AvgIpc) is 3.39. The summed E-state index contributed by atoms with van der Waals surface area (Å²) in [6.07, 6.45) is 4.68. The lowest BCUT2D eigenvalue weighted by Gasteiger charge is -2.36. The summed E-state index contributed by atoms with van der Waals surface area (Å²) in [7, 11) is -2.39. The van der Waals surface area contributed by atoms with Crippen LogP contribution in [0.15, 0.2) is 60.9 Å². The van der Waals surface area contributed by atoms with Gasteiger partial charge in [0.05, 0.1) is 6.54 Å². The lowest BCUT2D eigenvalue weighted by Crippen LogP contribution is -2.42. The fourth-order valence-corrected chi connectivity index (χ4v) is 6.29. The van der Waals surface area contributed by atoms with Gasteiger partial charge in [0.2, 0.25) is 5.82 Å². The van der Waals surface area contributed by atoms with Crippen molar-refractivity contribution < 1.29 is 23.1 Å². The van der Waals surface area contributed by atoms with Crippen molar-refractivity contribution in [3.8, 4) is 28.1 Å². The third-order valence-electron chi connectivity index (χ3n) is 9.22. The van der Waals surface area contributed by atoms with E-state index in [2.05, 4.69) is 32.7 Å². The van der Waals surface area contributed by atoms with Crippen LogP contribution in [0.1, 0.15) is 68.1 Å². The van der Waals surface area contributed by atoms with Gasteiger partial charge in [-0.1, -0.05) is 52.0 Å². The Hall–Kier alpha value is -3.89. The number of hydrogen-bond acceptors (Lipinski definition) is 5. The highest BCUT2D eigenvalue weighted by Crippen LogP contribution is 2.41. The number of pyridine rings is 1. The highest BCUT2D eigenvalue weighted by atomic mass is 28.4. The highest BCUT2D eigenvalue weighted by Gasteiger charge is 2.38. The summed E-state index contributed by atoms with van der Waals surface area (Å²) < 4.78 is 38.9. The van der Waals surface area contributed by atoms with Crippen molar-refractivity contribution in [3.05, 3.63) is 89.4 Å². The van der Waals surface area contributed by atoms with Gasteiger partial charge in [-0.2, -0.15) is 9.49 Å². The molecule has 1 aliphatic rings. The standard InChI is InChI=1S/C35H42F2N4O3Si/c1-23(2)25-10-8-24(9-11-25)22-44-28-13-12-27(30(36)31(28)37)29-32(26-14-17-38-18-15-26)39-41-21-20-40(34(42)33(29)41)19-7-16-35(3,4)45(5,6)43/h8-15,17-18,23,43H,7,16,19-22H2,1-6H3. The molecular formula is C35H42F2N4O3Si. The fourth-order valence-electron chi connectivity index (χ4n) is 5.50. The molecule has 5 rings (SSSR count). The molecule has 0 saturated carbocycles. The minimum Gasteiger partial charge on any atom is -0.486 e. The number of ether oxygens (including phenoxy) is 1. The van der Waals surface area contributed by atoms with E-state index in [4.69, 9.17) is 9.84 Å². The summed E-state index contributed by atoms with van der Waals surface area (Å²) in [6.45, 7) is 13.7. The van der Waals surface area contributed by atoms with E-state index in [-0.39, 0.29) is 40.1 Å². The van der Waals surface area contributed by atoms with Gasteiger partial charge >= 0.3 is 0 Å². The Labute approximate surface area is 265 Å². The average molecular weight is 633 g/mol. The van der Waals surface area contributed by atoms with Crippen LogP contribution < -0.4 is 4.74 Å². The molecule has 4 aromatic rings. The maximum Gasteiger partial charge on any atom is 0.272 e. The molecule has 0 spiro atoms. The molecule has 2 aromatic carbocycles. The molecule has 3 heterocycles. The van der Waals surface area contributed by atoms with Crippen LogP contribution in [0.2, 0.25) is 18.1 Å². The van der Waals surface area contributed by atoms with Crippen LogP contribution in [0.4, 0.5) is 8.78 Å². The van der Waals surface area contributed by atoms with Gasteiger partial charge in [0, 0.05) is 42.2 Å². The van der Waals surface area contributed by atoms with Gasteiger partial charge in [-0.15, -0.1) is 0 Å². The predicted octanol–water partition coefficient (Wildman–Crippen LogP) is 7.81. The smallest absolute Gasteiger partial charge is 0.272 e. The van der Waals surface area contributed by atoms with Crippen molar-refractivity contribution in [2.75, 3.05) is 13.1 Å². The van der Waals surface area contributed by atoms with Gasteiger partial charge in [0.15, 0.2) is 19.9 Å². The van der Waals surface area contributed by atoms with Crippen LogP contribution in [-0.2, 0) is 13.2 Å². The number of benzene rings is 2. The van der Waals surface area contributed by atoms with E-state index < -0.39 is 20.0 Å². The summed E-state index contributed by atoms with van der Waals surface area (Å²) in [5.41, 5.74) is 3.46. The zero-order valence-electron chi connectivity index (χ0n) is 26.9. The topological polar surface area (TPSA) is 80.5 Å². The second-order valence-electron chi connectivity index (χ2n) is 13.3. The molecule has 2 aromatic heterocycles. The molecule has 1 amide bonds. The molecule has 238 valence electrons. The molecule has 0 radical (unpaired) electrons. The molecule has 1 aliphatic heterocycles. The van der Waals surface area contributed by atoms with E-state index >= 15 is 8.78 Å². The predicted molar refractivity (Wildman–Crippen MR) is 175 cm³/mol. The summed E-state index contributed by atoms with van der Waals surface area (Å²) in [5.74, 6) is -2.33. The highest BCUT2D eigenvalue weighted by molar-refractivity contribution is 6.72. The van der Waals surface area contributed by atoms with Crippen LogP contribution in [-0.4, -0.2) is 51.8 Å². The van der Waals surface area contributed by atoms with Gasteiger partial charge in [0.1, 0.15) is 18.0 Å². The largest absolute Gasteiger partial charge is 0.486 e. The number of rotatable bonds is 11. The Morgan fingerprint density at radius 2 is 1.69 bits per heavy atom. The van der Waals surface area contributed by atoms with E-state index in [1.807, 2.05) is 37.4 Å². The number of carbonyl (C=O) groups excluding carboxylic acids is 1. The van der Waals surface area contributed by atoms with E-state index in [0.717, 1.165) is 12.0 Å². The quantitative estimate of drug-likeness (QED) is 0.171. The van der Waals surface area contributed by atoms with Crippen LogP contribution >= 0.6 is 0 Å². The number of aromatic nitrogens is 3. The van der Waals surface area contributed by atoms with Gasteiger partial charge in [-0.25, -0.2) is 4.39 Å². The van der Waals surface area contributed by atoms with Crippen molar-refractivity contribution in [2.24, 2.45) is 0 Å². The van der Waals surface area contributed by atoms with Gasteiger partial charge in [-0.05, 0) is 72.3 Å². The Balaban J connectivity index is 1.46. The Morgan fingerprint density at radius 1 is 1.00 bits per heavy atom. The first-order valence-corrected chi connectivity index (χ1v) is 18.5. The van der Waals surface area contributed by atoms with E-state index in [1.165, 1.54) is 17.7 Å². The SMILES string of the molecule is CC(C)c1ccc(COc2ccc(-c3c(-c4ccncc4)nn4c3C(=O)N(CCCC(C)(C)[Si](C)(C)O)CC4)c(F)c2F)cc1. The van der Waals surface area contributed by atoms with Crippen molar-refractivity contribution >= 4 is 14.2 Å². The second-order valence-corrected chi connectivity index (χ2v) is 17.8. The lowest BCUT2D eigenvalue weighted by atomic mass is 9.97. The van der Waals surface area contributed by atoms with E-state index in [1.54, 1.807) is 34.1 Å². The van der Waals surface area contributed by atoms with Crippen molar-refractivity contribution in [3.63, 3.8) is 0 Å². The van der Waals surface area contributed by atoms with Gasteiger partial charge in [-0.3, -0.25) is 14.5 Å². The van der Waals surface area contributed by atoms with Crippen LogP contribution in [0.25, 0.3) is 22.4 Å². The van der Waals surface area contributed by atoms with Crippen LogP contribution in [0, 0.1) is 11.6 Å². The molecule has 10 heteroatoms. The molecule has 1 N–H and O–H groups in total. The van der Waals surface area contributed by atoms with Gasteiger partial charge < -0.3 is 14.4 Å². The molecule has 0 fully saturated rings. The monoisotopic (exact) mass is 632 g/mol. The minimum atomic E-state index is -2.39. The summed E-state index contributed by atoms with van der Waals surface area (Å²) >= 11 is 0. The molecular weight excluding hydrogens is 590 g/mol. The first kappa shape index (κ1) is 32.5. The fraction of sp³-hybridized carbons (Fsp3) is 0.400. The Bertz CT molecular complexity index is 1670. The molecule has 45 heavy (non-hydrogen) atoms. The second kappa shape index (κ2) is 12.8. The normalized spacial score (nSPS) is 13.8. The Morgan fingerprint density at radius 3 is 2.33 bits per heavy atom. The number of nitrogens with zero attached hydrogens (tertiary/aromatic N) is 4. The van der Waals surface area contributed by atoms with E-state index in [9.17, 15) is 9.59 Å². The number of hydrogen-bond donors (Lipinski definition) is 1. The maximum absolute atomic E-state index is 16.0. The van der Waals surface area contributed by atoms with Crippen molar-refractivity contribution in [1.29, 1.82) is 0 Å². The van der Waals surface area contributed by atoms with Crippen LogP contribution in [0.5, 0.6) is 5.75 Å². The molecule has 0 bridgehead atoms. The number of carbonyl (C=O) groups is 1. The minimum absolute atomic E-state index is 0.0569. The van der Waals surface area contributed by atoms with Crippen LogP contribution in [0.3, 0.4) is 0 Å². The zero-order chi connectivity index (χ0) is 32.5. The molecule has 0 saturated heterocycles. The third kappa shape index (κ3) is 6.72. The van der Waals surface area contributed by atoms with Gasteiger partial charge in [0.25, 0.3) is 5.91 Å². The number of amides is 1. The molecule has 0 unspecified atom stereocenters. The molecule has 0 atom stereocenters. The summed E-state index contributed by atoms with van der Waals surface area (Å²) in [5, 5.41) is 4.50. The number of fused-ring (bicyclic) bond motifs is 1.